The Kier molecular flexibility index (Phi) is 7.12. The predicted molar refractivity (Wildman–Crippen MR) is 140 cm³/mol. The highest BCUT2D eigenvalue weighted by atomic mass is 79.9. The SMILES string of the molecule is CC(=O)c1c[nH]c2ccc(NC[C@H](C)NC(=O)c3ccc(-c4ccccc4)c(F)c3)c(Br)c2c1=O. The first-order chi connectivity index (χ1) is 16.8. The molecule has 0 bridgehead atoms. The molecule has 0 saturated carbocycles. The van der Waals surface area contributed by atoms with Crippen LogP contribution in [-0.4, -0.2) is 29.3 Å². The number of fused-ring (bicyclic) bond motifs is 1. The van der Waals surface area contributed by atoms with Crippen LogP contribution in [0, 0.1) is 5.82 Å². The van der Waals surface area contributed by atoms with Gasteiger partial charge in [0.05, 0.1) is 20.9 Å². The largest absolute Gasteiger partial charge is 0.382 e. The highest BCUT2D eigenvalue weighted by Crippen LogP contribution is 2.29. The van der Waals surface area contributed by atoms with E-state index in [2.05, 4.69) is 31.5 Å². The monoisotopic (exact) mass is 535 g/mol. The molecule has 0 aliphatic heterocycles. The Morgan fingerprint density at radius 3 is 2.51 bits per heavy atom. The minimum Gasteiger partial charge on any atom is -0.382 e. The van der Waals surface area contributed by atoms with Crippen molar-refractivity contribution in [2.45, 2.75) is 19.9 Å². The highest BCUT2D eigenvalue weighted by molar-refractivity contribution is 9.10. The molecule has 6 nitrogen and oxygen atoms in total. The van der Waals surface area contributed by atoms with Gasteiger partial charge in [-0.2, -0.15) is 0 Å². The highest BCUT2D eigenvalue weighted by Gasteiger charge is 2.16. The van der Waals surface area contributed by atoms with Crippen molar-refractivity contribution >= 4 is 44.2 Å². The van der Waals surface area contributed by atoms with E-state index in [4.69, 9.17) is 0 Å². The van der Waals surface area contributed by atoms with Gasteiger partial charge in [-0.1, -0.05) is 36.4 Å². The maximum atomic E-state index is 14.6. The van der Waals surface area contributed by atoms with Gasteiger partial charge in [0.2, 0.25) is 5.43 Å². The number of pyridine rings is 1. The van der Waals surface area contributed by atoms with Gasteiger partial charge in [0.1, 0.15) is 5.82 Å². The van der Waals surface area contributed by atoms with Gasteiger partial charge in [-0.3, -0.25) is 14.4 Å². The lowest BCUT2D eigenvalue weighted by Gasteiger charge is -2.17. The Morgan fingerprint density at radius 1 is 1.09 bits per heavy atom. The topological polar surface area (TPSA) is 91.1 Å². The van der Waals surface area contributed by atoms with Crippen LogP contribution in [0.3, 0.4) is 0 Å². The number of aromatic nitrogens is 1. The van der Waals surface area contributed by atoms with E-state index in [1.54, 1.807) is 24.3 Å². The summed E-state index contributed by atoms with van der Waals surface area (Å²) in [7, 11) is 0. The van der Waals surface area contributed by atoms with Crippen molar-refractivity contribution < 1.29 is 14.0 Å². The fraction of sp³-hybridized carbons (Fsp3) is 0.148. The number of aromatic amines is 1. The lowest BCUT2D eigenvalue weighted by atomic mass is 10.0. The first kappa shape index (κ1) is 24.3. The smallest absolute Gasteiger partial charge is 0.251 e. The van der Waals surface area contributed by atoms with Crippen LogP contribution < -0.4 is 16.1 Å². The molecule has 8 heteroatoms. The van der Waals surface area contributed by atoms with Crippen molar-refractivity contribution in [3.05, 3.63) is 98.5 Å². The number of amides is 1. The number of carbonyl (C=O) groups excluding carboxylic acids is 2. The van der Waals surface area contributed by atoms with Crippen LogP contribution in [-0.2, 0) is 0 Å². The third kappa shape index (κ3) is 5.17. The fourth-order valence-corrected chi connectivity index (χ4v) is 4.46. The summed E-state index contributed by atoms with van der Waals surface area (Å²) in [6.07, 6.45) is 1.42. The number of ketones is 1. The summed E-state index contributed by atoms with van der Waals surface area (Å²) in [5, 5.41) is 6.42. The Balaban J connectivity index is 1.45. The zero-order valence-electron chi connectivity index (χ0n) is 19.1. The number of halogens is 2. The van der Waals surface area contributed by atoms with Gasteiger partial charge in [-0.05, 0) is 59.6 Å². The molecule has 0 radical (unpaired) electrons. The summed E-state index contributed by atoms with van der Waals surface area (Å²) in [5.41, 5.74) is 2.36. The van der Waals surface area contributed by atoms with E-state index in [-0.39, 0.29) is 28.4 Å². The molecular formula is C27H23BrFN3O3. The molecule has 3 aromatic carbocycles. The van der Waals surface area contributed by atoms with E-state index in [0.717, 1.165) is 5.56 Å². The predicted octanol–water partition coefficient (Wildman–Crippen LogP) is 5.53. The van der Waals surface area contributed by atoms with Crippen molar-refractivity contribution in [1.82, 2.24) is 10.3 Å². The summed E-state index contributed by atoms with van der Waals surface area (Å²) in [4.78, 5) is 40.1. The molecule has 1 amide bonds. The van der Waals surface area contributed by atoms with Crippen LogP contribution in [0.25, 0.3) is 22.0 Å². The molecular weight excluding hydrogens is 513 g/mol. The minimum absolute atomic E-state index is 0.0847. The number of nitrogens with one attached hydrogen (secondary N) is 3. The van der Waals surface area contributed by atoms with Crippen molar-refractivity contribution in [2.24, 2.45) is 0 Å². The van der Waals surface area contributed by atoms with Crippen LogP contribution in [0.4, 0.5) is 10.1 Å². The molecule has 178 valence electrons. The van der Waals surface area contributed by atoms with E-state index in [0.29, 0.717) is 33.2 Å². The molecule has 0 spiro atoms. The minimum atomic E-state index is -0.468. The number of anilines is 1. The summed E-state index contributed by atoms with van der Waals surface area (Å²) in [6.45, 7) is 3.51. The van der Waals surface area contributed by atoms with Gasteiger partial charge in [-0.15, -0.1) is 0 Å². The molecule has 35 heavy (non-hydrogen) atoms. The number of benzene rings is 3. The van der Waals surface area contributed by atoms with Crippen LogP contribution >= 0.6 is 15.9 Å². The maximum absolute atomic E-state index is 14.6. The lowest BCUT2D eigenvalue weighted by Crippen LogP contribution is -2.37. The zero-order valence-corrected chi connectivity index (χ0v) is 20.7. The van der Waals surface area contributed by atoms with Crippen LogP contribution in [0.2, 0.25) is 0 Å². The Bertz CT molecular complexity index is 1480. The van der Waals surface area contributed by atoms with Gasteiger partial charge in [0, 0.05) is 35.6 Å². The maximum Gasteiger partial charge on any atom is 0.251 e. The molecule has 4 aromatic rings. The van der Waals surface area contributed by atoms with Gasteiger partial charge >= 0.3 is 0 Å². The van der Waals surface area contributed by atoms with Gasteiger partial charge in [0.25, 0.3) is 5.91 Å². The number of hydrogen-bond acceptors (Lipinski definition) is 4. The summed E-state index contributed by atoms with van der Waals surface area (Å²) >= 11 is 3.46. The summed E-state index contributed by atoms with van der Waals surface area (Å²) < 4.78 is 15.2. The van der Waals surface area contributed by atoms with Gasteiger partial charge < -0.3 is 15.6 Å². The summed E-state index contributed by atoms with van der Waals surface area (Å²) in [5.74, 6) is -1.18. The molecule has 4 rings (SSSR count). The molecule has 0 fully saturated rings. The van der Waals surface area contributed by atoms with E-state index in [1.807, 2.05) is 37.3 Å². The molecule has 1 heterocycles. The number of carbonyl (C=O) groups is 2. The van der Waals surface area contributed by atoms with Crippen molar-refractivity contribution in [1.29, 1.82) is 0 Å². The molecule has 0 unspecified atom stereocenters. The van der Waals surface area contributed by atoms with Crippen molar-refractivity contribution in [2.75, 3.05) is 11.9 Å². The number of rotatable bonds is 7. The number of hydrogen-bond donors (Lipinski definition) is 3. The van der Waals surface area contributed by atoms with Crippen LogP contribution in [0.5, 0.6) is 0 Å². The first-order valence-corrected chi connectivity index (χ1v) is 11.8. The lowest BCUT2D eigenvalue weighted by molar-refractivity contribution is 0.0940. The van der Waals surface area contributed by atoms with Gasteiger partial charge in [0.15, 0.2) is 5.78 Å². The second kappa shape index (κ2) is 10.2. The standard InChI is InChI=1S/C27H23BrFN3O3/c1-15(32-27(35)18-8-9-19(21(29)12-18)17-6-4-3-5-7-17)13-30-23-11-10-22-24(25(23)28)26(34)20(14-31-22)16(2)33/h3-12,14-15,30H,13H2,1-2H3,(H,31,34)(H,32,35)/t15-/m0/s1. The van der Waals surface area contributed by atoms with E-state index < -0.39 is 11.7 Å². The quantitative estimate of drug-likeness (QED) is 0.271. The molecule has 1 atom stereocenters. The first-order valence-electron chi connectivity index (χ1n) is 11.0. The van der Waals surface area contributed by atoms with Crippen molar-refractivity contribution in [3.63, 3.8) is 0 Å². The molecule has 3 N–H and O–H groups in total. The third-order valence-corrected chi connectivity index (χ3v) is 6.48. The Hall–Kier alpha value is -3.78. The molecule has 0 aliphatic rings. The number of H-pyrrole nitrogens is 1. The Morgan fingerprint density at radius 2 is 1.83 bits per heavy atom. The van der Waals surface area contributed by atoms with E-state index in [1.165, 1.54) is 19.2 Å². The molecule has 0 saturated heterocycles. The Labute approximate surface area is 209 Å². The molecule has 1 aromatic heterocycles. The average molecular weight is 536 g/mol. The normalized spacial score (nSPS) is 11.8. The summed E-state index contributed by atoms with van der Waals surface area (Å²) in [6, 6.07) is 16.8. The second-order valence-electron chi connectivity index (χ2n) is 8.25. The molecule has 0 aliphatic carbocycles. The fourth-order valence-electron chi connectivity index (χ4n) is 3.80. The van der Waals surface area contributed by atoms with E-state index in [9.17, 15) is 18.8 Å². The van der Waals surface area contributed by atoms with E-state index >= 15 is 0 Å². The number of Topliss-reactive ketones (excluding diaryl/α,β-unsaturated/α-hetero) is 1. The second-order valence-corrected chi connectivity index (χ2v) is 9.05. The van der Waals surface area contributed by atoms with Gasteiger partial charge in [-0.25, -0.2) is 4.39 Å². The average Bonchev–Trinajstić information content (AvgIpc) is 2.84. The third-order valence-electron chi connectivity index (χ3n) is 5.66. The van der Waals surface area contributed by atoms with Crippen LogP contribution in [0.1, 0.15) is 34.6 Å². The van der Waals surface area contributed by atoms with Crippen molar-refractivity contribution in [3.8, 4) is 11.1 Å². The zero-order chi connectivity index (χ0) is 25.1. The van der Waals surface area contributed by atoms with Crippen LogP contribution in [0.15, 0.2) is 76.1 Å².